The van der Waals surface area contributed by atoms with E-state index in [1.54, 1.807) is 12.1 Å². The van der Waals surface area contributed by atoms with Crippen LogP contribution in [-0.2, 0) is 36.7 Å². The average Bonchev–Trinajstić information content (AvgIpc) is 3.03. The van der Waals surface area contributed by atoms with E-state index in [1.165, 1.54) is 6.08 Å². The monoisotopic (exact) mass is 564 g/mol. The quantitative estimate of drug-likeness (QED) is 0.119. The fourth-order valence-corrected chi connectivity index (χ4v) is 4.78. The Kier molecular flexibility index (Phi) is 11.5. The summed E-state index contributed by atoms with van der Waals surface area (Å²) >= 11 is 0. The van der Waals surface area contributed by atoms with Gasteiger partial charge in [-0.1, -0.05) is 60.9 Å². The maximum atomic E-state index is 12.4. The lowest BCUT2D eigenvalue weighted by molar-refractivity contribution is -0.146. The Labute approximate surface area is 247 Å². The zero-order valence-corrected chi connectivity index (χ0v) is 23.8. The normalized spacial score (nSPS) is 15.9. The molecule has 0 spiro atoms. The van der Waals surface area contributed by atoms with Crippen LogP contribution in [0, 0.1) is 23.7 Å². The van der Waals surface area contributed by atoms with Crippen molar-refractivity contribution in [3.63, 3.8) is 0 Å². The summed E-state index contributed by atoms with van der Waals surface area (Å²) in [6.45, 7) is 4.26. The number of rotatable bonds is 11. The van der Waals surface area contributed by atoms with Gasteiger partial charge in [0.2, 0.25) is 0 Å². The first kappa shape index (κ1) is 30.3. The van der Waals surface area contributed by atoms with Crippen molar-refractivity contribution in [2.75, 3.05) is 13.2 Å². The standard InChI is InChI=1S/C36H36O6/c1-2-34(37)40-25-31-14-16-32(17-15-31)26-41-35(38)23-20-29-18-21-33(22-19-29)42-36(39)24-30-12-10-28(11-13-30)9-8-27-6-4-3-5-7-27/h2-7,10-13,18-19,21-22,31-32H,1,14-17,20,23-26H2. The molecule has 1 fully saturated rings. The van der Waals surface area contributed by atoms with Gasteiger partial charge < -0.3 is 14.2 Å². The number of aryl methyl sites for hydroxylation is 1. The molecule has 0 radical (unpaired) electrons. The van der Waals surface area contributed by atoms with E-state index < -0.39 is 0 Å². The van der Waals surface area contributed by atoms with Crippen LogP contribution in [0.4, 0.5) is 0 Å². The highest BCUT2D eigenvalue weighted by molar-refractivity contribution is 5.81. The molecule has 216 valence electrons. The molecule has 0 N–H and O–H groups in total. The number of esters is 3. The van der Waals surface area contributed by atoms with Gasteiger partial charge in [-0.05, 0) is 91.5 Å². The SMILES string of the molecule is C=CC(=O)OCC1CCC(COC(=O)CCc2ccc(OC(=O)Cc3ccc(C#Cc4ccccc4)cc3)cc2)CC1. The summed E-state index contributed by atoms with van der Waals surface area (Å²) in [5, 5.41) is 0. The van der Waals surface area contributed by atoms with Gasteiger partial charge in [0.25, 0.3) is 0 Å². The number of hydrogen-bond acceptors (Lipinski definition) is 6. The van der Waals surface area contributed by atoms with Crippen LogP contribution in [0.25, 0.3) is 0 Å². The first-order chi connectivity index (χ1) is 20.5. The molecule has 0 amide bonds. The van der Waals surface area contributed by atoms with E-state index in [0.717, 1.165) is 47.9 Å². The van der Waals surface area contributed by atoms with Crippen molar-refractivity contribution in [1.82, 2.24) is 0 Å². The van der Waals surface area contributed by atoms with Crippen LogP contribution in [0.2, 0.25) is 0 Å². The van der Waals surface area contributed by atoms with Crippen molar-refractivity contribution in [3.8, 4) is 17.6 Å². The predicted octanol–water partition coefficient (Wildman–Crippen LogP) is 6.25. The highest BCUT2D eigenvalue weighted by Gasteiger charge is 2.23. The second kappa shape index (κ2) is 16.0. The summed E-state index contributed by atoms with van der Waals surface area (Å²) in [6.07, 6.45) is 6.01. The molecule has 1 saturated carbocycles. The molecule has 0 atom stereocenters. The van der Waals surface area contributed by atoms with Crippen molar-refractivity contribution >= 4 is 17.9 Å². The van der Waals surface area contributed by atoms with Crippen LogP contribution in [-0.4, -0.2) is 31.1 Å². The van der Waals surface area contributed by atoms with Crippen molar-refractivity contribution < 1.29 is 28.6 Å². The van der Waals surface area contributed by atoms with Crippen molar-refractivity contribution in [1.29, 1.82) is 0 Å². The molecule has 4 rings (SSSR count). The van der Waals surface area contributed by atoms with E-state index >= 15 is 0 Å². The highest BCUT2D eigenvalue weighted by atomic mass is 16.5. The van der Waals surface area contributed by atoms with E-state index in [9.17, 15) is 14.4 Å². The second-order valence-electron chi connectivity index (χ2n) is 10.5. The predicted molar refractivity (Wildman–Crippen MR) is 161 cm³/mol. The van der Waals surface area contributed by atoms with Gasteiger partial charge in [-0.3, -0.25) is 9.59 Å². The van der Waals surface area contributed by atoms with Gasteiger partial charge in [-0.25, -0.2) is 4.79 Å². The number of carbonyl (C=O) groups excluding carboxylic acids is 3. The number of hydrogen-bond donors (Lipinski definition) is 0. The summed E-state index contributed by atoms with van der Waals surface area (Å²) in [5.41, 5.74) is 3.65. The first-order valence-corrected chi connectivity index (χ1v) is 14.4. The molecule has 42 heavy (non-hydrogen) atoms. The third kappa shape index (κ3) is 10.4. The molecule has 3 aromatic carbocycles. The van der Waals surface area contributed by atoms with Crippen LogP contribution in [0.5, 0.6) is 5.75 Å². The van der Waals surface area contributed by atoms with Crippen molar-refractivity contribution in [2.45, 2.75) is 44.9 Å². The lowest BCUT2D eigenvalue weighted by Crippen LogP contribution is -2.23. The van der Waals surface area contributed by atoms with Gasteiger partial charge in [-0.15, -0.1) is 0 Å². The largest absolute Gasteiger partial charge is 0.465 e. The zero-order valence-electron chi connectivity index (χ0n) is 23.8. The number of ether oxygens (including phenoxy) is 3. The Balaban J connectivity index is 1.12. The summed E-state index contributed by atoms with van der Waals surface area (Å²) < 4.78 is 16.1. The van der Waals surface area contributed by atoms with Crippen molar-refractivity contribution in [3.05, 3.63) is 114 Å². The maximum Gasteiger partial charge on any atom is 0.330 e. The fourth-order valence-electron chi connectivity index (χ4n) is 4.78. The lowest BCUT2D eigenvalue weighted by atomic mass is 9.83. The van der Waals surface area contributed by atoms with E-state index in [2.05, 4.69) is 18.4 Å². The van der Waals surface area contributed by atoms with Gasteiger partial charge in [0.15, 0.2) is 0 Å². The molecule has 0 bridgehead atoms. The van der Waals surface area contributed by atoms with E-state index in [0.29, 0.717) is 37.2 Å². The summed E-state index contributed by atoms with van der Waals surface area (Å²) in [5.74, 6) is 6.47. The molecule has 0 heterocycles. The Hall–Kier alpha value is -4.63. The molecule has 6 nitrogen and oxygen atoms in total. The third-order valence-electron chi connectivity index (χ3n) is 7.27. The minimum absolute atomic E-state index is 0.157. The van der Waals surface area contributed by atoms with Crippen LogP contribution in [0.1, 0.15) is 54.4 Å². The first-order valence-electron chi connectivity index (χ1n) is 14.4. The number of carbonyl (C=O) groups is 3. The smallest absolute Gasteiger partial charge is 0.330 e. The van der Waals surface area contributed by atoms with Gasteiger partial charge in [0.05, 0.1) is 19.6 Å². The summed E-state index contributed by atoms with van der Waals surface area (Å²) in [6, 6.07) is 24.5. The molecule has 6 heteroatoms. The topological polar surface area (TPSA) is 78.9 Å². The Morgan fingerprint density at radius 3 is 1.90 bits per heavy atom. The Morgan fingerprint density at radius 1 is 0.714 bits per heavy atom. The molecule has 0 aliphatic heterocycles. The van der Waals surface area contributed by atoms with E-state index in [4.69, 9.17) is 14.2 Å². The second-order valence-corrected chi connectivity index (χ2v) is 10.5. The average molecular weight is 565 g/mol. The Morgan fingerprint density at radius 2 is 1.29 bits per heavy atom. The molecule has 0 aromatic heterocycles. The molecule has 0 unspecified atom stereocenters. The molecule has 3 aromatic rings. The van der Waals surface area contributed by atoms with Gasteiger partial charge in [0.1, 0.15) is 5.75 Å². The van der Waals surface area contributed by atoms with Crippen molar-refractivity contribution in [2.24, 2.45) is 11.8 Å². The van der Waals surface area contributed by atoms with Crippen LogP contribution < -0.4 is 4.74 Å². The molecule has 1 aliphatic rings. The molecular weight excluding hydrogens is 528 g/mol. The van der Waals surface area contributed by atoms with Crippen LogP contribution >= 0.6 is 0 Å². The third-order valence-corrected chi connectivity index (χ3v) is 7.27. The maximum absolute atomic E-state index is 12.4. The zero-order chi connectivity index (χ0) is 29.6. The minimum Gasteiger partial charge on any atom is -0.465 e. The minimum atomic E-state index is -0.384. The van der Waals surface area contributed by atoms with Gasteiger partial charge in [0, 0.05) is 23.6 Å². The molecule has 0 saturated heterocycles. The highest BCUT2D eigenvalue weighted by Crippen LogP contribution is 2.29. The lowest BCUT2D eigenvalue weighted by Gasteiger charge is -2.27. The number of benzene rings is 3. The van der Waals surface area contributed by atoms with Crippen LogP contribution in [0.3, 0.4) is 0 Å². The van der Waals surface area contributed by atoms with E-state index in [-0.39, 0.29) is 30.7 Å². The van der Waals surface area contributed by atoms with E-state index in [1.807, 2.05) is 66.7 Å². The van der Waals surface area contributed by atoms with Crippen LogP contribution in [0.15, 0.2) is 91.5 Å². The van der Waals surface area contributed by atoms with Gasteiger partial charge >= 0.3 is 17.9 Å². The molecular formula is C36H36O6. The molecule has 1 aliphatic carbocycles. The fraction of sp³-hybridized carbons (Fsp3) is 0.306. The summed E-state index contributed by atoms with van der Waals surface area (Å²) in [4.78, 5) is 35.9. The summed E-state index contributed by atoms with van der Waals surface area (Å²) in [7, 11) is 0. The Bertz CT molecular complexity index is 1390. The van der Waals surface area contributed by atoms with Gasteiger partial charge in [-0.2, -0.15) is 0 Å².